The summed E-state index contributed by atoms with van der Waals surface area (Å²) in [5.41, 5.74) is 8.17. The van der Waals surface area contributed by atoms with Gasteiger partial charge in [0.1, 0.15) is 0 Å². The van der Waals surface area contributed by atoms with Crippen molar-refractivity contribution >= 4 is 21.6 Å². The molecule has 0 saturated heterocycles. The molecular formula is C15H25BrN2. The van der Waals surface area contributed by atoms with Crippen molar-refractivity contribution in [3.8, 4) is 0 Å². The van der Waals surface area contributed by atoms with Gasteiger partial charge in [-0.1, -0.05) is 19.9 Å². The van der Waals surface area contributed by atoms with Crippen LogP contribution in [0.5, 0.6) is 0 Å². The fourth-order valence-corrected chi connectivity index (χ4v) is 2.74. The van der Waals surface area contributed by atoms with Gasteiger partial charge in [0.15, 0.2) is 0 Å². The molecule has 0 aromatic heterocycles. The molecule has 2 nitrogen and oxygen atoms in total. The van der Waals surface area contributed by atoms with Crippen LogP contribution in [-0.2, 0) is 6.42 Å². The zero-order valence-electron chi connectivity index (χ0n) is 11.9. The molecule has 1 rings (SSSR count). The van der Waals surface area contributed by atoms with E-state index in [1.54, 1.807) is 0 Å². The van der Waals surface area contributed by atoms with Gasteiger partial charge in [-0.3, -0.25) is 0 Å². The van der Waals surface area contributed by atoms with E-state index in [-0.39, 0.29) is 0 Å². The Morgan fingerprint density at radius 2 is 1.89 bits per heavy atom. The quantitative estimate of drug-likeness (QED) is 0.865. The van der Waals surface area contributed by atoms with Crippen LogP contribution in [-0.4, -0.2) is 19.1 Å². The number of hydrogen-bond acceptors (Lipinski definition) is 2. The molecule has 0 aliphatic heterocycles. The molecule has 3 heteroatoms. The normalized spacial score (nSPS) is 11.3. The van der Waals surface area contributed by atoms with Crippen LogP contribution in [0.2, 0.25) is 0 Å². The lowest BCUT2D eigenvalue weighted by molar-refractivity contribution is 0.570. The molecule has 0 unspecified atom stereocenters. The number of rotatable bonds is 6. The Bertz CT molecular complexity index is 375. The van der Waals surface area contributed by atoms with Crippen molar-refractivity contribution in [1.82, 2.24) is 0 Å². The highest BCUT2D eigenvalue weighted by Crippen LogP contribution is 2.29. The molecular weight excluding hydrogens is 288 g/mol. The average molecular weight is 313 g/mol. The van der Waals surface area contributed by atoms with Crippen molar-refractivity contribution in [2.45, 2.75) is 40.2 Å². The summed E-state index contributed by atoms with van der Waals surface area (Å²) in [4.78, 5) is 2.45. The zero-order valence-corrected chi connectivity index (χ0v) is 13.5. The zero-order chi connectivity index (χ0) is 13.7. The Balaban J connectivity index is 2.98. The molecule has 0 aliphatic rings. The van der Waals surface area contributed by atoms with E-state index in [1.807, 2.05) is 0 Å². The summed E-state index contributed by atoms with van der Waals surface area (Å²) in [6, 6.07) is 7.09. The maximum atomic E-state index is 5.60. The van der Waals surface area contributed by atoms with E-state index in [9.17, 15) is 0 Å². The third-order valence-corrected chi connectivity index (χ3v) is 3.57. The molecule has 1 aromatic carbocycles. The Morgan fingerprint density at radius 1 is 1.22 bits per heavy atom. The van der Waals surface area contributed by atoms with Crippen LogP contribution in [0.4, 0.5) is 5.69 Å². The summed E-state index contributed by atoms with van der Waals surface area (Å²) in [6.07, 6.45) is 0.935. The van der Waals surface area contributed by atoms with Crippen molar-refractivity contribution in [3.63, 3.8) is 0 Å². The minimum absolute atomic E-state index is 0.504. The minimum Gasteiger partial charge on any atom is -0.368 e. The number of halogens is 1. The van der Waals surface area contributed by atoms with Crippen molar-refractivity contribution < 1.29 is 0 Å². The second-order valence-corrected chi connectivity index (χ2v) is 6.32. The highest BCUT2D eigenvalue weighted by molar-refractivity contribution is 9.10. The Labute approximate surface area is 120 Å². The van der Waals surface area contributed by atoms with Crippen molar-refractivity contribution in [2.75, 3.05) is 18.0 Å². The molecule has 18 heavy (non-hydrogen) atoms. The van der Waals surface area contributed by atoms with Gasteiger partial charge in [-0.15, -0.1) is 0 Å². The average Bonchev–Trinajstić information content (AvgIpc) is 2.26. The second-order valence-electron chi connectivity index (χ2n) is 5.46. The fourth-order valence-electron chi connectivity index (χ4n) is 2.09. The third kappa shape index (κ3) is 4.29. The maximum Gasteiger partial charge on any atom is 0.0513 e. The molecule has 0 bridgehead atoms. The summed E-state index contributed by atoms with van der Waals surface area (Å²) >= 11 is 3.69. The fraction of sp³-hybridized carbons (Fsp3) is 0.600. The van der Waals surface area contributed by atoms with Crippen LogP contribution < -0.4 is 10.6 Å². The number of hydrogen-bond donors (Lipinski definition) is 1. The monoisotopic (exact) mass is 312 g/mol. The van der Waals surface area contributed by atoms with Gasteiger partial charge < -0.3 is 10.6 Å². The van der Waals surface area contributed by atoms with E-state index in [2.05, 4.69) is 66.7 Å². The summed E-state index contributed by atoms with van der Waals surface area (Å²) in [6.45, 7) is 10.8. The van der Waals surface area contributed by atoms with Crippen LogP contribution in [0.25, 0.3) is 0 Å². The summed E-state index contributed by atoms with van der Waals surface area (Å²) < 4.78 is 1.17. The van der Waals surface area contributed by atoms with E-state index < -0.39 is 0 Å². The van der Waals surface area contributed by atoms with E-state index >= 15 is 0 Å². The largest absolute Gasteiger partial charge is 0.368 e. The first-order valence-corrected chi connectivity index (χ1v) is 7.50. The molecule has 0 radical (unpaired) electrons. The molecule has 0 saturated carbocycles. The van der Waals surface area contributed by atoms with Gasteiger partial charge in [0.25, 0.3) is 0 Å². The van der Waals surface area contributed by atoms with E-state index in [0.717, 1.165) is 13.0 Å². The van der Waals surface area contributed by atoms with Gasteiger partial charge in [-0.2, -0.15) is 0 Å². The van der Waals surface area contributed by atoms with Gasteiger partial charge in [-0.25, -0.2) is 0 Å². The molecule has 0 spiro atoms. The highest BCUT2D eigenvalue weighted by Gasteiger charge is 2.15. The lowest BCUT2D eigenvalue weighted by Crippen LogP contribution is -2.34. The van der Waals surface area contributed by atoms with Crippen molar-refractivity contribution in [1.29, 1.82) is 0 Å². The van der Waals surface area contributed by atoms with E-state index in [0.29, 0.717) is 18.5 Å². The molecule has 0 fully saturated rings. The molecule has 2 N–H and O–H groups in total. The van der Waals surface area contributed by atoms with Crippen molar-refractivity contribution in [2.24, 2.45) is 11.7 Å². The Morgan fingerprint density at radius 3 is 2.33 bits per heavy atom. The van der Waals surface area contributed by atoms with Gasteiger partial charge in [-0.05, 0) is 66.4 Å². The molecule has 0 heterocycles. The highest BCUT2D eigenvalue weighted by atomic mass is 79.9. The lowest BCUT2D eigenvalue weighted by atomic mass is 10.1. The van der Waals surface area contributed by atoms with Gasteiger partial charge in [0, 0.05) is 17.1 Å². The Hall–Kier alpha value is -0.540. The smallest absolute Gasteiger partial charge is 0.0513 e. The molecule has 0 aliphatic carbocycles. The topological polar surface area (TPSA) is 29.3 Å². The van der Waals surface area contributed by atoms with Gasteiger partial charge in [0.05, 0.1) is 5.69 Å². The second kappa shape index (κ2) is 7.15. The van der Waals surface area contributed by atoms with Crippen LogP contribution in [0, 0.1) is 5.92 Å². The number of nitrogens with two attached hydrogens (primary N) is 1. The first kappa shape index (κ1) is 15.5. The summed E-state index contributed by atoms with van der Waals surface area (Å²) in [7, 11) is 0. The molecule has 0 atom stereocenters. The first-order chi connectivity index (χ1) is 8.45. The lowest BCUT2D eigenvalue weighted by Gasteiger charge is -2.31. The van der Waals surface area contributed by atoms with Crippen LogP contribution in [0.1, 0.15) is 33.3 Å². The standard InChI is InChI=1S/C15H25BrN2/c1-11(2)10-18(12(3)4)15-6-5-13(7-8-17)9-14(15)16/h5-6,9,11-12H,7-8,10,17H2,1-4H3. The van der Waals surface area contributed by atoms with Crippen LogP contribution in [0.3, 0.4) is 0 Å². The summed E-state index contributed by atoms with van der Waals surface area (Å²) in [5.74, 6) is 0.656. The maximum absolute atomic E-state index is 5.60. The van der Waals surface area contributed by atoms with E-state index in [1.165, 1.54) is 15.7 Å². The number of anilines is 1. The number of nitrogens with zero attached hydrogens (tertiary/aromatic N) is 1. The van der Waals surface area contributed by atoms with Gasteiger partial charge >= 0.3 is 0 Å². The first-order valence-electron chi connectivity index (χ1n) is 6.70. The predicted octanol–water partition coefficient (Wildman–Crippen LogP) is 3.82. The summed E-state index contributed by atoms with van der Waals surface area (Å²) in [5, 5.41) is 0. The molecule has 1 aromatic rings. The van der Waals surface area contributed by atoms with Crippen molar-refractivity contribution in [3.05, 3.63) is 28.2 Å². The molecule has 102 valence electrons. The SMILES string of the molecule is CC(C)CN(c1ccc(CCN)cc1Br)C(C)C. The third-order valence-electron chi connectivity index (χ3n) is 2.94. The van der Waals surface area contributed by atoms with E-state index in [4.69, 9.17) is 5.73 Å². The van der Waals surface area contributed by atoms with Crippen LogP contribution in [0.15, 0.2) is 22.7 Å². The van der Waals surface area contributed by atoms with Crippen LogP contribution >= 0.6 is 15.9 Å². The predicted molar refractivity (Wildman–Crippen MR) is 84.2 cm³/mol. The minimum atomic E-state index is 0.504. The van der Waals surface area contributed by atoms with Gasteiger partial charge in [0.2, 0.25) is 0 Å². The number of benzene rings is 1. The molecule has 0 amide bonds. The Kier molecular flexibility index (Phi) is 6.16.